The van der Waals surface area contributed by atoms with Crippen molar-refractivity contribution in [3.05, 3.63) is 12.3 Å². The van der Waals surface area contributed by atoms with Crippen LogP contribution in [0.25, 0.3) is 0 Å². The lowest BCUT2D eigenvalue weighted by Gasteiger charge is -2.34. The molecule has 38 heavy (non-hydrogen) atoms. The highest BCUT2D eigenvalue weighted by molar-refractivity contribution is 5.67. The van der Waals surface area contributed by atoms with Crippen LogP contribution < -0.4 is 5.11 Å². The number of nitrogens with zero attached hydrogens (tertiary/aromatic N) is 1. The van der Waals surface area contributed by atoms with Gasteiger partial charge in [0.1, 0.15) is 0 Å². The molecule has 0 rings (SSSR count). The number of unbranched alkanes of at least 4 members (excludes halogenated alkanes) is 18. The summed E-state index contributed by atoms with van der Waals surface area (Å²) in [5.74, 6) is -3.17. The van der Waals surface area contributed by atoms with Crippen LogP contribution in [0, 0.1) is 0 Å². The molecule has 0 aromatic rings. The number of quaternary nitrogens is 1. The zero-order chi connectivity index (χ0) is 28.3. The van der Waals surface area contributed by atoms with Gasteiger partial charge in [0, 0.05) is 12.4 Å². The maximum atomic E-state index is 11.1. The first-order valence-corrected chi connectivity index (χ1v) is 15.5. The van der Waals surface area contributed by atoms with Gasteiger partial charge < -0.3 is 20.1 Å². The third-order valence-corrected chi connectivity index (χ3v) is 7.45. The summed E-state index contributed by atoms with van der Waals surface area (Å²) in [5, 5.41) is 29.2. The molecule has 0 spiro atoms. The van der Waals surface area contributed by atoms with Crippen molar-refractivity contribution in [2.75, 3.05) is 19.6 Å². The fraction of sp³-hybridized carbons (Fsp3) is 0.839. The number of carbonyl (C=O) groups is 3. The summed E-state index contributed by atoms with van der Waals surface area (Å²) in [6.07, 6.45) is 28.0. The Morgan fingerprint density at radius 1 is 0.579 bits per heavy atom. The Kier molecular flexibility index (Phi) is 24.1. The molecule has 0 unspecified atom stereocenters. The molecule has 0 aliphatic rings. The highest BCUT2D eigenvalue weighted by atomic mass is 16.4. The molecule has 0 aliphatic heterocycles. The molecule has 0 saturated carbocycles. The van der Waals surface area contributed by atoms with Crippen LogP contribution in [0.2, 0.25) is 0 Å². The third kappa shape index (κ3) is 24.4. The van der Waals surface area contributed by atoms with Gasteiger partial charge in [-0.1, -0.05) is 116 Å². The number of carboxylic acid groups (broad SMARTS) is 3. The lowest BCUT2D eigenvalue weighted by atomic mass is 10.0. The molecule has 7 heteroatoms. The second-order valence-electron chi connectivity index (χ2n) is 11.0. The molecule has 2 N–H and O–H groups in total. The van der Waals surface area contributed by atoms with Crippen LogP contribution in [-0.4, -0.2) is 52.2 Å². The van der Waals surface area contributed by atoms with E-state index in [9.17, 15) is 19.5 Å². The van der Waals surface area contributed by atoms with E-state index in [4.69, 9.17) is 10.2 Å². The van der Waals surface area contributed by atoms with Gasteiger partial charge in [0.15, 0.2) is 0 Å². The third-order valence-electron chi connectivity index (χ3n) is 7.45. The Labute approximate surface area is 232 Å². The first-order chi connectivity index (χ1) is 18.3. The molecule has 0 amide bonds. The smallest absolute Gasteiger partial charge is 0.309 e. The molecular formula is C31H57NO6. The topological polar surface area (TPSA) is 115 Å². The number of rotatable bonds is 29. The predicted octanol–water partition coefficient (Wildman–Crippen LogP) is 6.84. The SMILES string of the molecule is CCCCCCCCCCCCCCCCCCCC/C=C/[N+](CCC(=O)[O-])(CCC(=O)O)CCC(=O)O. The summed E-state index contributed by atoms with van der Waals surface area (Å²) in [4.78, 5) is 33.2. The zero-order valence-electron chi connectivity index (χ0n) is 24.3. The van der Waals surface area contributed by atoms with Crippen LogP contribution in [-0.2, 0) is 14.4 Å². The van der Waals surface area contributed by atoms with Gasteiger partial charge in [-0.3, -0.25) is 14.1 Å². The summed E-state index contributed by atoms with van der Waals surface area (Å²) in [6.45, 7) is 2.75. The quantitative estimate of drug-likeness (QED) is 0.0794. The molecule has 0 fully saturated rings. The minimum Gasteiger partial charge on any atom is -0.550 e. The first kappa shape index (κ1) is 36.1. The lowest BCUT2D eigenvalue weighted by molar-refractivity contribution is -0.878. The van der Waals surface area contributed by atoms with Crippen LogP contribution >= 0.6 is 0 Å². The van der Waals surface area contributed by atoms with Crippen molar-refractivity contribution in [3.63, 3.8) is 0 Å². The van der Waals surface area contributed by atoms with E-state index in [1.165, 1.54) is 103 Å². The van der Waals surface area contributed by atoms with E-state index in [0.717, 1.165) is 19.3 Å². The minimum atomic E-state index is -1.21. The van der Waals surface area contributed by atoms with Crippen LogP contribution in [0.3, 0.4) is 0 Å². The molecule has 0 aromatic heterocycles. The summed E-state index contributed by atoms with van der Waals surface area (Å²) in [7, 11) is 0. The van der Waals surface area contributed by atoms with Gasteiger partial charge in [0.25, 0.3) is 0 Å². The number of carboxylic acids is 3. The molecule has 0 aromatic carbocycles. The zero-order valence-corrected chi connectivity index (χ0v) is 24.3. The van der Waals surface area contributed by atoms with Gasteiger partial charge in [-0.05, 0) is 18.9 Å². The standard InChI is InChI=1S/C31H57NO6/c1-2-3-4-5-6-7-8-9-10-11-12-13-14-15-16-17-18-19-20-21-25-32(26-22-29(33)34,27-23-30(35)36)28-24-31(37)38/h21,25H,2-20,22-24,26-28H2,1H3,(H2-,33,34,35,36,37,38)/b25-21+. The highest BCUT2D eigenvalue weighted by Crippen LogP contribution is 2.17. The summed E-state index contributed by atoms with van der Waals surface area (Å²) in [6, 6.07) is 0. The van der Waals surface area contributed by atoms with Crippen molar-refractivity contribution in [2.24, 2.45) is 0 Å². The minimum absolute atomic E-state index is 0.0472. The van der Waals surface area contributed by atoms with Crippen LogP contribution in [0.5, 0.6) is 0 Å². The monoisotopic (exact) mass is 539 g/mol. The molecular weight excluding hydrogens is 482 g/mol. The molecule has 0 radical (unpaired) electrons. The first-order valence-electron chi connectivity index (χ1n) is 15.5. The van der Waals surface area contributed by atoms with E-state index in [0.29, 0.717) is 0 Å². The van der Waals surface area contributed by atoms with Gasteiger partial charge in [0.2, 0.25) is 0 Å². The molecule has 0 aliphatic carbocycles. The Morgan fingerprint density at radius 2 is 0.921 bits per heavy atom. The fourth-order valence-corrected chi connectivity index (χ4v) is 4.97. The number of hydrogen-bond acceptors (Lipinski definition) is 4. The maximum absolute atomic E-state index is 11.1. The second kappa shape index (κ2) is 25.4. The number of carbonyl (C=O) groups excluding carboxylic acids is 1. The molecule has 0 atom stereocenters. The van der Waals surface area contributed by atoms with Crippen molar-refractivity contribution in [3.8, 4) is 0 Å². The molecule has 7 nitrogen and oxygen atoms in total. The summed E-state index contributed by atoms with van der Waals surface area (Å²) < 4.78 is 0.0472. The summed E-state index contributed by atoms with van der Waals surface area (Å²) >= 11 is 0. The number of aliphatic carboxylic acids is 3. The molecule has 0 bridgehead atoms. The van der Waals surface area contributed by atoms with E-state index in [1.807, 2.05) is 12.3 Å². The van der Waals surface area contributed by atoms with Gasteiger partial charge in [0.05, 0.1) is 38.7 Å². The van der Waals surface area contributed by atoms with E-state index in [2.05, 4.69) is 6.92 Å². The average molecular weight is 540 g/mol. The van der Waals surface area contributed by atoms with Gasteiger partial charge in [-0.25, -0.2) is 0 Å². The van der Waals surface area contributed by atoms with Crippen molar-refractivity contribution in [2.45, 2.75) is 148 Å². The molecule has 0 saturated heterocycles. The average Bonchev–Trinajstić information content (AvgIpc) is 2.88. The van der Waals surface area contributed by atoms with E-state index >= 15 is 0 Å². The van der Waals surface area contributed by atoms with E-state index in [-0.39, 0.29) is 43.4 Å². The van der Waals surface area contributed by atoms with Crippen molar-refractivity contribution < 1.29 is 34.2 Å². The Morgan fingerprint density at radius 3 is 1.26 bits per heavy atom. The van der Waals surface area contributed by atoms with Crippen LogP contribution in [0.15, 0.2) is 12.3 Å². The van der Waals surface area contributed by atoms with Crippen molar-refractivity contribution in [1.29, 1.82) is 0 Å². The van der Waals surface area contributed by atoms with Gasteiger partial charge in [-0.2, -0.15) is 0 Å². The Balaban J connectivity index is 3.96. The van der Waals surface area contributed by atoms with Gasteiger partial charge in [-0.15, -0.1) is 0 Å². The molecule has 0 heterocycles. The fourth-order valence-electron chi connectivity index (χ4n) is 4.97. The van der Waals surface area contributed by atoms with E-state index in [1.54, 1.807) is 0 Å². The lowest BCUT2D eigenvalue weighted by Crippen LogP contribution is -2.48. The van der Waals surface area contributed by atoms with Crippen LogP contribution in [0.4, 0.5) is 0 Å². The Bertz CT molecular complexity index is 588. The highest BCUT2D eigenvalue weighted by Gasteiger charge is 2.26. The van der Waals surface area contributed by atoms with Crippen molar-refractivity contribution in [1.82, 2.24) is 0 Å². The second-order valence-corrected chi connectivity index (χ2v) is 11.0. The summed E-state index contributed by atoms with van der Waals surface area (Å²) in [5.41, 5.74) is 0. The van der Waals surface area contributed by atoms with Crippen molar-refractivity contribution >= 4 is 17.9 Å². The predicted molar refractivity (Wildman–Crippen MR) is 152 cm³/mol. The van der Waals surface area contributed by atoms with Gasteiger partial charge >= 0.3 is 11.9 Å². The van der Waals surface area contributed by atoms with E-state index < -0.39 is 17.9 Å². The largest absolute Gasteiger partial charge is 0.550 e. The normalized spacial score (nSPS) is 11.8. The van der Waals surface area contributed by atoms with Crippen LogP contribution in [0.1, 0.15) is 148 Å². The number of hydrogen-bond donors (Lipinski definition) is 2. The molecule has 222 valence electrons. The number of allylic oxidation sites excluding steroid dienone is 1. The maximum Gasteiger partial charge on any atom is 0.309 e. The Hall–Kier alpha value is -1.89.